The molecule has 0 aromatic heterocycles. The van der Waals surface area contributed by atoms with Crippen molar-refractivity contribution in [3.8, 4) is 0 Å². The molecule has 0 spiro atoms. The minimum atomic E-state index is -1.17. The maximum absolute atomic E-state index is 8.83. The molecule has 0 radical (unpaired) electrons. The van der Waals surface area contributed by atoms with Crippen LogP contribution >= 0.6 is 67.8 Å². The third-order valence-electron chi connectivity index (χ3n) is 1.24. The largest absolute Gasteiger partial charge is 0.367 e. The maximum atomic E-state index is 8.83. The molecule has 5 heteroatoms. The Hall–Kier alpha value is 2.11. The average Bonchev–Trinajstić information content (AvgIpc) is 1.98. The lowest BCUT2D eigenvalue weighted by Gasteiger charge is -2.17. The number of aliphatic hydroxyl groups excluding tert-OH is 1. The van der Waals surface area contributed by atoms with E-state index >= 15 is 0 Å². The zero-order chi connectivity index (χ0) is 8.85. The molecule has 0 aliphatic heterocycles. The summed E-state index contributed by atoms with van der Waals surface area (Å²) in [6.07, 6.45) is 1.04. The third-order valence-corrected chi connectivity index (χ3v) is 6.29. The molecule has 0 bridgehead atoms. The highest BCUT2D eigenvalue weighted by atomic mass is 127. The summed E-state index contributed by atoms with van der Waals surface area (Å²) in [6, 6.07) is 0. The van der Waals surface area contributed by atoms with Crippen molar-refractivity contribution < 1.29 is 10.2 Å². The summed E-state index contributed by atoms with van der Waals surface area (Å²) < 4.78 is 1.46. The zero-order valence-corrected chi connectivity index (χ0v) is 12.4. The van der Waals surface area contributed by atoms with E-state index in [4.69, 9.17) is 10.2 Å². The van der Waals surface area contributed by atoms with Gasteiger partial charge in [-0.05, 0) is 17.3 Å². The number of hydrogen-bond donors (Lipinski definition) is 2. The van der Waals surface area contributed by atoms with Crippen LogP contribution in [0.3, 0.4) is 0 Å². The molecule has 68 valence electrons. The van der Waals surface area contributed by atoms with Crippen molar-refractivity contribution in [2.45, 2.75) is 27.0 Å². The molecule has 0 rings (SSSR count). The van der Waals surface area contributed by atoms with Crippen LogP contribution < -0.4 is 0 Å². The van der Waals surface area contributed by atoms with Gasteiger partial charge in [-0.15, -0.1) is 0 Å². The van der Waals surface area contributed by atoms with Gasteiger partial charge in [-0.2, -0.15) is 0 Å². The molecule has 0 aromatic carbocycles. The molecule has 2 unspecified atom stereocenters. The molecule has 2 N–H and O–H groups in total. The highest BCUT2D eigenvalue weighted by molar-refractivity contribution is 14.1. The fourth-order valence-corrected chi connectivity index (χ4v) is 2.23. The SMILES string of the molecule is OC(O)C(I)C(I)CCCI. The summed E-state index contributed by atoms with van der Waals surface area (Å²) >= 11 is 6.69. The van der Waals surface area contributed by atoms with Crippen molar-refractivity contribution >= 4 is 67.8 Å². The number of alkyl halides is 3. The second-order valence-electron chi connectivity index (χ2n) is 2.21. The van der Waals surface area contributed by atoms with Gasteiger partial charge in [-0.3, -0.25) is 0 Å². The Balaban J connectivity index is 3.55. The normalized spacial score (nSPS) is 16.9. The van der Waals surface area contributed by atoms with E-state index in [-0.39, 0.29) is 3.92 Å². The van der Waals surface area contributed by atoms with Gasteiger partial charge in [0.15, 0.2) is 6.29 Å². The van der Waals surface area contributed by atoms with Gasteiger partial charge in [0.2, 0.25) is 0 Å². The quantitative estimate of drug-likeness (QED) is 0.348. The molecule has 2 atom stereocenters. The third kappa shape index (κ3) is 6.22. The van der Waals surface area contributed by atoms with E-state index < -0.39 is 6.29 Å². The van der Waals surface area contributed by atoms with Crippen molar-refractivity contribution in [2.24, 2.45) is 0 Å². The van der Waals surface area contributed by atoms with Crippen LogP contribution in [0.1, 0.15) is 12.8 Å². The fourth-order valence-electron chi connectivity index (χ4n) is 0.618. The van der Waals surface area contributed by atoms with Crippen LogP contribution in [0.4, 0.5) is 0 Å². The van der Waals surface area contributed by atoms with Crippen LogP contribution in [0, 0.1) is 0 Å². The molecule has 0 aliphatic carbocycles. The number of aliphatic hydroxyl groups is 2. The minimum absolute atomic E-state index is 0.0452. The van der Waals surface area contributed by atoms with Crippen LogP contribution in [0.15, 0.2) is 0 Å². The molecule has 0 aliphatic rings. The molecule has 0 saturated carbocycles. The lowest BCUT2D eigenvalue weighted by atomic mass is 10.2. The monoisotopic (exact) mass is 496 g/mol. The summed E-state index contributed by atoms with van der Waals surface area (Å²) in [7, 11) is 0. The molecular weight excluding hydrogens is 485 g/mol. The molecule has 0 saturated heterocycles. The summed E-state index contributed by atoms with van der Waals surface area (Å²) in [5.41, 5.74) is 0. The lowest BCUT2D eigenvalue weighted by Crippen LogP contribution is -2.28. The van der Waals surface area contributed by atoms with Gasteiger partial charge in [0.05, 0.1) is 3.92 Å². The highest BCUT2D eigenvalue weighted by Gasteiger charge is 2.20. The summed E-state index contributed by atoms with van der Waals surface area (Å²) in [4.78, 5) is 0. The van der Waals surface area contributed by atoms with Crippen LogP contribution in [0.2, 0.25) is 0 Å². The predicted octanol–water partition coefficient (Wildman–Crippen LogP) is 2.12. The topological polar surface area (TPSA) is 40.5 Å². The Morgan fingerprint density at radius 3 is 2.09 bits per heavy atom. The molecule has 0 heterocycles. The predicted molar refractivity (Wildman–Crippen MR) is 72.0 cm³/mol. The van der Waals surface area contributed by atoms with E-state index in [0.717, 1.165) is 17.3 Å². The number of rotatable bonds is 5. The Labute approximate surface area is 108 Å². The number of hydrogen-bond acceptors (Lipinski definition) is 2. The van der Waals surface area contributed by atoms with E-state index in [1.54, 1.807) is 0 Å². The van der Waals surface area contributed by atoms with Crippen molar-refractivity contribution in [1.29, 1.82) is 0 Å². The second-order valence-corrected chi connectivity index (χ2v) is 6.32. The Morgan fingerprint density at radius 1 is 1.18 bits per heavy atom. The van der Waals surface area contributed by atoms with E-state index in [1.165, 1.54) is 0 Å². The average molecular weight is 496 g/mol. The smallest absolute Gasteiger partial charge is 0.164 e. The first-order valence-electron chi connectivity index (χ1n) is 3.30. The van der Waals surface area contributed by atoms with Gasteiger partial charge in [0.25, 0.3) is 0 Å². The van der Waals surface area contributed by atoms with Gasteiger partial charge in [-0.25, -0.2) is 0 Å². The summed E-state index contributed by atoms with van der Waals surface area (Å²) in [5.74, 6) is 0. The molecular formula is C6H11I3O2. The summed E-state index contributed by atoms with van der Waals surface area (Å²) in [5, 5.41) is 17.7. The van der Waals surface area contributed by atoms with E-state index in [0.29, 0.717) is 3.92 Å². The molecule has 0 amide bonds. The van der Waals surface area contributed by atoms with Gasteiger partial charge >= 0.3 is 0 Å². The zero-order valence-electron chi connectivity index (χ0n) is 5.88. The van der Waals surface area contributed by atoms with Gasteiger partial charge in [0, 0.05) is 3.92 Å². The lowest BCUT2D eigenvalue weighted by molar-refractivity contribution is -0.0361. The van der Waals surface area contributed by atoms with Gasteiger partial charge in [0.1, 0.15) is 0 Å². The first-order chi connectivity index (χ1) is 5.09. The Bertz CT molecular complexity index is 99.8. The summed E-state index contributed by atoms with van der Waals surface area (Å²) in [6.45, 7) is 0. The van der Waals surface area contributed by atoms with Crippen molar-refractivity contribution in [2.75, 3.05) is 4.43 Å². The minimum Gasteiger partial charge on any atom is -0.367 e. The molecule has 2 nitrogen and oxygen atoms in total. The van der Waals surface area contributed by atoms with Crippen LogP contribution in [0.5, 0.6) is 0 Å². The van der Waals surface area contributed by atoms with E-state index in [1.807, 2.05) is 0 Å². The Morgan fingerprint density at radius 2 is 1.73 bits per heavy atom. The van der Waals surface area contributed by atoms with Crippen molar-refractivity contribution in [3.05, 3.63) is 0 Å². The second kappa shape index (κ2) is 7.51. The van der Waals surface area contributed by atoms with Crippen LogP contribution in [-0.4, -0.2) is 28.8 Å². The van der Waals surface area contributed by atoms with Crippen LogP contribution in [-0.2, 0) is 0 Å². The first kappa shape index (κ1) is 13.1. The Kier molecular flexibility index (Phi) is 8.95. The fraction of sp³-hybridized carbons (Fsp3) is 1.00. The van der Waals surface area contributed by atoms with Gasteiger partial charge < -0.3 is 10.2 Å². The molecule has 0 fully saturated rings. The maximum Gasteiger partial charge on any atom is 0.164 e. The van der Waals surface area contributed by atoms with Gasteiger partial charge in [-0.1, -0.05) is 67.8 Å². The number of halogens is 3. The van der Waals surface area contributed by atoms with Crippen molar-refractivity contribution in [1.82, 2.24) is 0 Å². The molecule has 0 aromatic rings. The van der Waals surface area contributed by atoms with Crippen molar-refractivity contribution in [3.63, 3.8) is 0 Å². The standard InChI is InChI=1S/C6H11I3O2/c7-3-1-2-4(8)5(9)6(10)11/h4-6,10-11H,1-3H2. The van der Waals surface area contributed by atoms with E-state index in [2.05, 4.69) is 67.8 Å². The first-order valence-corrected chi connectivity index (χ1v) is 7.31. The molecule has 11 heavy (non-hydrogen) atoms. The van der Waals surface area contributed by atoms with E-state index in [9.17, 15) is 0 Å². The highest BCUT2D eigenvalue weighted by Crippen LogP contribution is 2.22. The van der Waals surface area contributed by atoms with Crippen LogP contribution in [0.25, 0.3) is 0 Å².